The fraction of sp³-hybridized carbons (Fsp3) is 0.846. The van der Waals surface area contributed by atoms with Gasteiger partial charge in [-0.25, -0.2) is 9.59 Å². The third-order valence-electron chi connectivity index (χ3n) is 3.24. The lowest BCUT2D eigenvalue weighted by atomic mass is 10.1. The molecule has 110 valence electrons. The van der Waals surface area contributed by atoms with Gasteiger partial charge < -0.3 is 15.3 Å². The highest BCUT2D eigenvalue weighted by molar-refractivity contribution is 7.99. The van der Waals surface area contributed by atoms with Crippen LogP contribution < -0.4 is 5.32 Å². The van der Waals surface area contributed by atoms with Crippen molar-refractivity contribution in [2.24, 2.45) is 0 Å². The van der Waals surface area contributed by atoms with Gasteiger partial charge in [0.1, 0.15) is 6.04 Å². The molecular weight excluding hydrogens is 264 g/mol. The number of hydrogen-bond donors (Lipinski definition) is 2. The van der Waals surface area contributed by atoms with E-state index >= 15 is 0 Å². The molecule has 1 saturated heterocycles. The largest absolute Gasteiger partial charge is 0.480 e. The van der Waals surface area contributed by atoms with Crippen LogP contribution in [0, 0.1) is 0 Å². The van der Waals surface area contributed by atoms with E-state index in [-0.39, 0.29) is 12.1 Å². The molecule has 1 rings (SSSR count). The molecule has 1 aliphatic heterocycles. The first-order chi connectivity index (χ1) is 9.06. The second-order valence-electron chi connectivity index (χ2n) is 4.91. The fourth-order valence-corrected chi connectivity index (χ4v) is 2.91. The van der Waals surface area contributed by atoms with Gasteiger partial charge in [0.15, 0.2) is 0 Å². The van der Waals surface area contributed by atoms with Gasteiger partial charge in [0.25, 0.3) is 0 Å². The van der Waals surface area contributed by atoms with Gasteiger partial charge in [-0.2, -0.15) is 11.8 Å². The molecule has 2 N–H and O–H groups in total. The van der Waals surface area contributed by atoms with E-state index < -0.39 is 12.0 Å². The maximum Gasteiger partial charge on any atom is 0.326 e. The van der Waals surface area contributed by atoms with Crippen LogP contribution in [0.1, 0.15) is 39.5 Å². The van der Waals surface area contributed by atoms with Crippen molar-refractivity contribution in [3.05, 3.63) is 0 Å². The van der Waals surface area contributed by atoms with E-state index in [4.69, 9.17) is 0 Å². The van der Waals surface area contributed by atoms with Gasteiger partial charge in [0.2, 0.25) is 0 Å². The minimum atomic E-state index is -0.896. The Hall–Kier alpha value is -0.910. The second-order valence-corrected chi connectivity index (χ2v) is 6.23. The second kappa shape index (κ2) is 8.30. The van der Waals surface area contributed by atoms with Gasteiger partial charge in [0.05, 0.1) is 0 Å². The normalized spacial score (nSPS) is 21.6. The molecule has 1 fully saturated rings. The molecule has 0 aromatic carbocycles. The number of rotatable bonds is 5. The summed E-state index contributed by atoms with van der Waals surface area (Å²) in [5.41, 5.74) is 0. The quantitative estimate of drug-likeness (QED) is 0.813. The highest BCUT2D eigenvalue weighted by Crippen LogP contribution is 2.17. The number of nitrogens with zero attached hydrogens (tertiary/aromatic N) is 1. The zero-order valence-electron chi connectivity index (χ0n) is 11.7. The van der Waals surface area contributed by atoms with Gasteiger partial charge in [0, 0.05) is 18.3 Å². The van der Waals surface area contributed by atoms with E-state index in [0.717, 1.165) is 30.8 Å². The Morgan fingerprint density at radius 1 is 1.42 bits per heavy atom. The van der Waals surface area contributed by atoms with Crippen molar-refractivity contribution in [3.63, 3.8) is 0 Å². The van der Waals surface area contributed by atoms with Crippen LogP contribution in [0.3, 0.4) is 0 Å². The molecule has 2 amide bonds. The molecule has 19 heavy (non-hydrogen) atoms. The van der Waals surface area contributed by atoms with E-state index in [2.05, 4.69) is 12.2 Å². The maximum absolute atomic E-state index is 12.2. The Kier molecular flexibility index (Phi) is 7.05. The lowest BCUT2D eigenvalue weighted by Crippen LogP contribution is -2.51. The third kappa shape index (κ3) is 5.30. The lowest BCUT2D eigenvalue weighted by Gasteiger charge is -2.28. The molecule has 2 unspecified atom stereocenters. The van der Waals surface area contributed by atoms with Crippen molar-refractivity contribution in [1.82, 2.24) is 10.2 Å². The number of carbonyl (C=O) groups excluding carboxylic acids is 1. The smallest absolute Gasteiger partial charge is 0.326 e. The first kappa shape index (κ1) is 16.1. The van der Waals surface area contributed by atoms with Crippen molar-refractivity contribution < 1.29 is 14.7 Å². The Morgan fingerprint density at radius 3 is 2.79 bits per heavy atom. The Labute approximate surface area is 119 Å². The van der Waals surface area contributed by atoms with Crippen LogP contribution in [0.25, 0.3) is 0 Å². The van der Waals surface area contributed by atoms with Gasteiger partial charge in [-0.15, -0.1) is 0 Å². The molecule has 0 aromatic rings. The molecule has 0 aromatic heterocycles. The number of likely N-dealkylation sites (tertiary alicyclic amines) is 1. The number of thioether (sulfide) groups is 1. The number of hydrogen-bond acceptors (Lipinski definition) is 3. The average Bonchev–Trinajstić information content (AvgIpc) is 2.61. The summed E-state index contributed by atoms with van der Waals surface area (Å²) in [5, 5.41) is 12.1. The van der Waals surface area contributed by atoms with Gasteiger partial charge in [-0.1, -0.05) is 19.8 Å². The summed E-state index contributed by atoms with van der Waals surface area (Å²) in [6.07, 6.45) is 3.31. The zero-order chi connectivity index (χ0) is 14.3. The summed E-state index contributed by atoms with van der Waals surface area (Å²) in [5.74, 6) is 0.975. The number of nitrogens with one attached hydrogen (secondary N) is 1. The molecule has 0 spiro atoms. The maximum atomic E-state index is 12.2. The minimum Gasteiger partial charge on any atom is -0.480 e. The molecular formula is C13H24N2O3S. The van der Waals surface area contributed by atoms with Crippen LogP contribution in [0.2, 0.25) is 0 Å². The molecule has 1 heterocycles. The number of carbonyl (C=O) groups is 2. The Morgan fingerprint density at radius 2 is 2.16 bits per heavy atom. The third-order valence-corrected chi connectivity index (χ3v) is 4.38. The van der Waals surface area contributed by atoms with Gasteiger partial charge in [-0.3, -0.25) is 0 Å². The van der Waals surface area contributed by atoms with Gasteiger partial charge in [-0.05, 0) is 25.5 Å². The van der Waals surface area contributed by atoms with Crippen LogP contribution in [0.15, 0.2) is 0 Å². The van der Waals surface area contributed by atoms with Crippen molar-refractivity contribution in [2.45, 2.75) is 51.6 Å². The molecule has 2 atom stereocenters. The Bertz CT molecular complexity index is 312. The summed E-state index contributed by atoms with van der Waals surface area (Å²) in [4.78, 5) is 24.9. The van der Waals surface area contributed by atoms with Crippen molar-refractivity contribution in [1.29, 1.82) is 0 Å². The topological polar surface area (TPSA) is 69.6 Å². The summed E-state index contributed by atoms with van der Waals surface area (Å²) in [6, 6.07) is -0.845. The van der Waals surface area contributed by atoms with E-state index in [1.54, 1.807) is 11.8 Å². The van der Waals surface area contributed by atoms with Crippen LogP contribution in [0.5, 0.6) is 0 Å². The van der Waals surface area contributed by atoms with E-state index in [1.165, 1.54) is 4.90 Å². The summed E-state index contributed by atoms with van der Waals surface area (Å²) in [6.45, 7) is 4.57. The predicted octanol–water partition coefficient (Wildman–Crippen LogP) is 2.17. The van der Waals surface area contributed by atoms with E-state index in [0.29, 0.717) is 13.0 Å². The van der Waals surface area contributed by atoms with Crippen LogP contribution in [-0.2, 0) is 4.79 Å². The standard InChI is InChI=1S/C13H24N2O3S/c1-3-19-9-10(2)14-13(18)15-8-6-4-5-7-11(15)12(16)17/h10-11H,3-9H2,1-2H3,(H,14,18)(H,16,17). The average molecular weight is 288 g/mol. The van der Waals surface area contributed by atoms with E-state index in [1.807, 2.05) is 6.92 Å². The fourth-order valence-electron chi connectivity index (χ4n) is 2.24. The van der Waals surface area contributed by atoms with E-state index in [9.17, 15) is 14.7 Å². The number of aliphatic carboxylic acids is 1. The minimum absolute atomic E-state index is 0.0650. The zero-order valence-corrected chi connectivity index (χ0v) is 12.5. The monoisotopic (exact) mass is 288 g/mol. The SMILES string of the molecule is CCSCC(C)NC(=O)N1CCCCCC1C(=O)O. The number of urea groups is 1. The summed E-state index contributed by atoms with van der Waals surface area (Å²) < 4.78 is 0. The number of carboxylic acid groups (broad SMARTS) is 1. The van der Waals surface area contributed by atoms with Crippen molar-refractivity contribution in [3.8, 4) is 0 Å². The molecule has 0 saturated carbocycles. The highest BCUT2D eigenvalue weighted by atomic mass is 32.2. The highest BCUT2D eigenvalue weighted by Gasteiger charge is 2.31. The Balaban J connectivity index is 2.57. The molecule has 0 radical (unpaired) electrons. The molecule has 0 bridgehead atoms. The van der Waals surface area contributed by atoms with Crippen molar-refractivity contribution in [2.75, 3.05) is 18.1 Å². The van der Waals surface area contributed by atoms with Crippen molar-refractivity contribution >= 4 is 23.8 Å². The number of carboxylic acids is 1. The predicted molar refractivity (Wildman–Crippen MR) is 77.6 cm³/mol. The molecule has 6 heteroatoms. The molecule has 5 nitrogen and oxygen atoms in total. The first-order valence-electron chi connectivity index (χ1n) is 6.94. The number of amides is 2. The van der Waals surface area contributed by atoms with Crippen LogP contribution >= 0.6 is 11.8 Å². The molecule has 0 aliphatic carbocycles. The summed E-state index contributed by atoms with van der Waals surface area (Å²) in [7, 11) is 0. The lowest BCUT2D eigenvalue weighted by molar-refractivity contribution is -0.142. The first-order valence-corrected chi connectivity index (χ1v) is 8.09. The van der Waals surface area contributed by atoms with Crippen LogP contribution in [-0.4, -0.2) is 52.1 Å². The van der Waals surface area contributed by atoms with Gasteiger partial charge >= 0.3 is 12.0 Å². The summed E-state index contributed by atoms with van der Waals surface area (Å²) >= 11 is 1.77. The molecule has 1 aliphatic rings. The van der Waals surface area contributed by atoms with Crippen LogP contribution in [0.4, 0.5) is 4.79 Å².